The van der Waals surface area contributed by atoms with E-state index in [0.717, 1.165) is 11.3 Å². The fraction of sp³-hybridized carbons (Fsp3) is 0.143. The third kappa shape index (κ3) is 3.72. The van der Waals surface area contributed by atoms with Crippen molar-refractivity contribution in [2.75, 3.05) is 6.26 Å². The zero-order chi connectivity index (χ0) is 13.7. The first-order valence-corrected chi connectivity index (χ1v) is 6.86. The number of hydrogen-bond acceptors (Lipinski definition) is 4. The molecule has 5 heteroatoms. The monoisotopic (exact) mass is 275 g/mol. The molecule has 4 nitrogen and oxygen atoms in total. The first kappa shape index (κ1) is 13.4. The van der Waals surface area contributed by atoms with Gasteiger partial charge in [-0.05, 0) is 48.2 Å². The molecule has 0 bridgehead atoms. The van der Waals surface area contributed by atoms with Gasteiger partial charge in [0.15, 0.2) is 0 Å². The normalized spacial score (nSPS) is 10.2. The van der Waals surface area contributed by atoms with E-state index in [1.165, 1.54) is 17.2 Å². The van der Waals surface area contributed by atoms with Crippen LogP contribution in [0.3, 0.4) is 0 Å². The minimum absolute atomic E-state index is 0.0267. The minimum Gasteiger partial charge on any atom is -0.489 e. The molecule has 2 aromatic rings. The van der Waals surface area contributed by atoms with E-state index < -0.39 is 5.97 Å². The van der Waals surface area contributed by atoms with Gasteiger partial charge in [0, 0.05) is 11.1 Å². The van der Waals surface area contributed by atoms with Crippen LogP contribution in [-0.2, 0) is 6.61 Å². The third-order valence-electron chi connectivity index (χ3n) is 2.51. The summed E-state index contributed by atoms with van der Waals surface area (Å²) < 4.78 is 5.60. The summed E-state index contributed by atoms with van der Waals surface area (Å²) in [4.78, 5) is 15.7. The molecular formula is C14H13NO3S. The Balaban J connectivity index is 2.01. The SMILES string of the molecule is CSc1ccc(OCc2ccnc(C(=O)O)c2)cc1. The molecule has 0 aliphatic heterocycles. The molecule has 0 radical (unpaired) electrons. The second kappa shape index (κ2) is 6.24. The van der Waals surface area contributed by atoms with Crippen LogP contribution in [0.15, 0.2) is 47.5 Å². The summed E-state index contributed by atoms with van der Waals surface area (Å²) in [6, 6.07) is 11.0. The molecule has 19 heavy (non-hydrogen) atoms. The average Bonchev–Trinajstić information content (AvgIpc) is 2.46. The maximum atomic E-state index is 10.8. The highest BCUT2D eigenvalue weighted by Gasteiger charge is 2.05. The lowest BCUT2D eigenvalue weighted by atomic mass is 10.2. The summed E-state index contributed by atoms with van der Waals surface area (Å²) >= 11 is 1.67. The Morgan fingerprint density at radius 1 is 1.32 bits per heavy atom. The van der Waals surface area contributed by atoms with Gasteiger partial charge >= 0.3 is 5.97 Å². The molecule has 0 saturated carbocycles. The largest absolute Gasteiger partial charge is 0.489 e. The van der Waals surface area contributed by atoms with Crippen LogP contribution in [0.1, 0.15) is 16.1 Å². The topological polar surface area (TPSA) is 59.4 Å². The van der Waals surface area contributed by atoms with Crippen LogP contribution in [0.25, 0.3) is 0 Å². The summed E-state index contributed by atoms with van der Waals surface area (Å²) in [5, 5.41) is 8.85. The number of carbonyl (C=O) groups is 1. The Morgan fingerprint density at radius 2 is 2.05 bits per heavy atom. The Bertz CT molecular complexity index is 569. The molecule has 0 atom stereocenters. The van der Waals surface area contributed by atoms with Crippen molar-refractivity contribution in [2.45, 2.75) is 11.5 Å². The van der Waals surface area contributed by atoms with Crippen molar-refractivity contribution < 1.29 is 14.6 Å². The zero-order valence-corrected chi connectivity index (χ0v) is 11.2. The fourth-order valence-electron chi connectivity index (χ4n) is 1.52. The maximum absolute atomic E-state index is 10.8. The van der Waals surface area contributed by atoms with Crippen molar-refractivity contribution in [3.63, 3.8) is 0 Å². The quantitative estimate of drug-likeness (QED) is 0.850. The third-order valence-corrected chi connectivity index (χ3v) is 3.25. The molecule has 1 aromatic carbocycles. The number of pyridine rings is 1. The Labute approximate surface area is 115 Å². The summed E-state index contributed by atoms with van der Waals surface area (Å²) in [6.45, 7) is 0.321. The standard InChI is InChI=1S/C14H13NO3S/c1-19-12-4-2-11(3-5-12)18-9-10-6-7-15-13(8-10)14(16)17/h2-8H,9H2,1H3,(H,16,17). The van der Waals surface area contributed by atoms with Crippen molar-refractivity contribution in [1.29, 1.82) is 0 Å². The number of aromatic carboxylic acids is 1. The van der Waals surface area contributed by atoms with E-state index in [4.69, 9.17) is 9.84 Å². The van der Waals surface area contributed by atoms with Crippen LogP contribution in [0.4, 0.5) is 0 Å². The fourth-order valence-corrected chi connectivity index (χ4v) is 1.93. The number of ether oxygens (including phenoxy) is 1. The van der Waals surface area contributed by atoms with Gasteiger partial charge in [0.2, 0.25) is 0 Å². The van der Waals surface area contributed by atoms with Crippen LogP contribution in [0.2, 0.25) is 0 Å². The summed E-state index contributed by atoms with van der Waals surface area (Å²) in [5.74, 6) is -0.280. The van der Waals surface area contributed by atoms with Crippen LogP contribution in [0.5, 0.6) is 5.75 Å². The van der Waals surface area contributed by atoms with Crippen LogP contribution < -0.4 is 4.74 Å². The van der Waals surface area contributed by atoms with Crippen LogP contribution in [-0.4, -0.2) is 22.3 Å². The molecule has 1 heterocycles. The molecule has 1 aromatic heterocycles. The van der Waals surface area contributed by atoms with Gasteiger partial charge in [-0.15, -0.1) is 11.8 Å². The maximum Gasteiger partial charge on any atom is 0.354 e. The highest BCUT2D eigenvalue weighted by molar-refractivity contribution is 7.98. The number of aromatic nitrogens is 1. The molecule has 2 rings (SSSR count). The number of rotatable bonds is 5. The van der Waals surface area contributed by atoms with Crippen LogP contribution >= 0.6 is 11.8 Å². The summed E-state index contributed by atoms with van der Waals surface area (Å²) in [7, 11) is 0. The number of carboxylic acid groups (broad SMARTS) is 1. The van der Waals surface area contributed by atoms with Gasteiger partial charge in [0.1, 0.15) is 18.1 Å². The number of carboxylic acids is 1. The smallest absolute Gasteiger partial charge is 0.354 e. The number of benzene rings is 1. The molecule has 98 valence electrons. The number of thioether (sulfide) groups is 1. The van der Waals surface area contributed by atoms with Crippen molar-refractivity contribution in [3.8, 4) is 5.75 Å². The molecular weight excluding hydrogens is 262 g/mol. The second-order valence-corrected chi connectivity index (χ2v) is 4.70. The Hall–Kier alpha value is -2.01. The van der Waals surface area contributed by atoms with Gasteiger partial charge in [-0.3, -0.25) is 0 Å². The first-order chi connectivity index (χ1) is 9.19. The van der Waals surface area contributed by atoms with Gasteiger partial charge in [-0.2, -0.15) is 0 Å². The highest BCUT2D eigenvalue weighted by Crippen LogP contribution is 2.19. The molecule has 0 amide bonds. The highest BCUT2D eigenvalue weighted by atomic mass is 32.2. The van der Waals surface area contributed by atoms with E-state index in [0.29, 0.717) is 6.61 Å². The molecule has 1 N–H and O–H groups in total. The van der Waals surface area contributed by atoms with E-state index in [1.807, 2.05) is 30.5 Å². The lowest BCUT2D eigenvalue weighted by molar-refractivity contribution is 0.0690. The van der Waals surface area contributed by atoms with Gasteiger partial charge in [0.25, 0.3) is 0 Å². The van der Waals surface area contributed by atoms with E-state index in [9.17, 15) is 4.79 Å². The first-order valence-electron chi connectivity index (χ1n) is 5.64. The summed E-state index contributed by atoms with van der Waals surface area (Å²) in [6.07, 6.45) is 3.49. The number of nitrogens with zero attached hydrogens (tertiary/aromatic N) is 1. The molecule has 0 spiro atoms. The molecule has 0 aliphatic carbocycles. The zero-order valence-electron chi connectivity index (χ0n) is 10.4. The van der Waals surface area contributed by atoms with Crippen molar-refractivity contribution in [2.24, 2.45) is 0 Å². The van der Waals surface area contributed by atoms with E-state index >= 15 is 0 Å². The Morgan fingerprint density at radius 3 is 2.68 bits per heavy atom. The molecule has 0 saturated heterocycles. The van der Waals surface area contributed by atoms with Gasteiger partial charge in [-0.25, -0.2) is 9.78 Å². The van der Waals surface area contributed by atoms with E-state index in [-0.39, 0.29) is 5.69 Å². The van der Waals surface area contributed by atoms with Gasteiger partial charge < -0.3 is 9.84 Å². The van der Waals surface area contributed by atoms with Crippen molar-refractivity contribution in [3.05, 3.63) is 53.9 Å². The van der Waals surface area contributed by atoms with Gasteiger partial charge in [-0.1, -0.05) is 0 Å². The van der Waals surface area contributed by atoms with E-state index in [2.05, 4.69) is 4.98 Å². The molecule has 0 fully saturated rings. The Kier molecular flexibility index (Phi) is 4.41. The van der Waals surface area contributed by atoms with Crippen LogP contribution in [0, 0.1) is 0 Å². The molecule has 0 unspecified atom stereocenters. The van der Waals surface area contributed by atoms with Crippen molar-refractivity contribution in [1.82, 2.24) is 4.98 Å². The predicted molar refractivity (Wildman–Crippen MR) is 73.8 cm³/mol. The number of hydrogen-bond donors (Lipinski definition) is 1. The average molecular weight is 275 g/mol. The van der Waals surface area contributed by atoms with Crippen molar-refractivity contribution >= 4 is 17.7 Å². The summed E-state index contributed by atoms with van der Waals surface area (Å²) in [5.41, 5.74) is 0.806. The molecule has 0 aliphatic rings. The minimum atomic E-state index is -1.04. The van der Waals surface area contributed by atoms with Gasteiger partial charge in [0.05, 0.1) is 0 Å². The second-order valence-electron chi connectivity index (χ2n) is 3.82. The lowest BCUT2D eigenvalue weighted by Gasteiger charge is -2.07. The predicted octanol–water partition coefficient (Wildman–Crippen LogP) is 3.08. The van der Waals surface area contributed by atoms with E-state index in [1.54, 1.807) is 17.8 Å². The lowest BCUT2D eigenvalue weighted by Crippen LogP contribution is -2.02.